The van der Waals surface area contributed by atoms with Gasteiger partial charge in [0.25, 0.3) is 0 Å². The smallest absolute Gasteiger partial charge is 0.180 e. The molecule has 5 rings (SSSR count). The van der Waals surface area contributed by atoms with E-state index in [0.717, 1.165) is 49.7 Å². The van der Waals surface area contributed by atoms with E-state index in [4.69, 9.17) is 9.97 Å². The first-order valence-electron chi connectivity index (χ1n) is 11.4. The third-order valence-electron chi connectivity index (χ3n) is 6.04. The predicted molar refractivity (Wildman–Crippen MR) is 126 cm³/mol. The molecule has 8 heteroatoms. The first-order chi connectivity index (χ1) is 16.1. The summed E-state index contributed by atoms with van der Waals surface area (Å²) in [5.41, 5.74) is 2.11. The average Bonchev–Trinajstić information content (AvgIpc) is 3.25. The van der Waals surface area contributed by atoms with Crippen LogP contribution in [-0.2, 0) is 0 Å². The van der Waals surface area contributed by atoms with Crippen molar-refractivity contribution >= 4 is 16.7 Å². The second-order valence-corrected chi connectivity index (χ2v) is 8.40. The van der Waals surface area contributed by atoms with Crippen molar-refractivity contribution in [1.29, 1.82) is 0 Å². The van der Waals surface area contributed by atoms with E-state index in [9.17, 15) is 8.78 Å². The zero-order valence-electron chi connectivity index (χ0n) is 18.5. The molecule has 0 spiro atoms. The number of H-pyrrole nitrogens is 1. The Morgan fingerprint density at radius 3 is 2.76 bits per heavy atom. The minimum atomic E-state index is -0.720. The van der Waals surface area contributed by atoms with Gasteiger partial charge in [0.05, 0.1) is 11.9 Å². The fourth-order valence-corrected chi connectivity index (χ4v) is 4.48. The second kappa shape index (κ2) is 9.23. The Bertz CT molecular complexity index is 1250. The molecule has 0 aliphatic carbocycles. The van der Waals surface area contributed by atoms with Crippen molar-refractivity contribution < 1.29 is 8.78 Å². The molecule has 1 atom stereocenters. The molecule has 1 aliphatic rings. The number of aromatic amines is 1. The molecule has 1 fully saturated rings. The average molecular weight is 449 g/mol. The van der Waals surface area contributed by atoms with Crippen LogP contribution in [0.3, 0.4) is 0 Å². The summed E-state index contributed by atoms with van der Waals surface area (Å²) in [4.78, 5) is 11.9. The van der Waals surface area contributed by atoms with Crippen molar-refractivity contribution in [3.63, 3.8) is 0 Å². The first kappa shape index (κ1) is 21.5. The normalized spacial score (nSPS) is 16.9. The van der Waals surface area contributed by atoms with Gasteiger partial charge in [-0.1, -0.05) is 37.3 Å². The van der Waals surface area contributed by atoms with Crippen LogP contribution in [-0.4, -0.2) is 44.3 Å². The van der Waals surface area contributed by atoms with Crippen molar-refractivity contribution in [2.75, 3.05) is 18.4 Å². The van der Waals surface area contributed by atoms with E-state index in [1.807, 2.05) is 36.4 Å². The maximum Gasteiger partial charge on any atom is 0.180 e. The molecule has 0 bridgehead atoms. The number of hydrogen-bond donors (Lipinski definition) is 2. The van der Waals surface area contributed by atoms with Gasteiger partial charge in [-0.05, 0) is 38.3 Å². The van der Waals surface area contributed by atoms with Crippen LogP contribution < -0.4 is 5.32 Å². The number of benzene rings is 2. The van der Waals surface area contributed by atoms with Gasteiger partial charge in [-0.2, -0.15) is 5.10 Å². The number of nitrogens with one attached hydrogen (secondary N) is 2. The van der Waals surface area contributed by atoms with Crippen molar-refractivity contribution in [3.05, 3.63) is 60.2 Å². The van der Waals surface area contributed by atoms with Gasteiger partial charge in [-0.15, -0.1) is 0 Å². The van der Waals surface area contributed by atoms with Gasteiger partial charge in [0.2, 0.25) is 0 Å². The predicted octanol–water partition coefficient (Wildman–Crippen LogP) is 5.60. The summed E-state index contributed by atoms with van der Waals surface area (Å²) in [6.07, 6.45) is 4.65. The van der Waals surface area contributed by atoms with E-state index in [2.05, 4.69) is 27.3 Å². The summed E-state index contributed by atoms with van der Waals surface area (Å²) in [6.45, 7) is 4.26. The monoisotopic (exact) mass is 448 g/mol. The molecule has 1 saturated heterocycles. The minimum Gasteiger partial charge on any atom is -0.354 e. The largest absolute Gasteiger partial charge is 0.354 e. The number of anilines is 1. The summed E-state index contributed by atoms with van der Waals surface area (Å²) < 4.78 is 28.2. The van der Waals surface area contributed by atoms with Crippen LogP contribution in [0.15, 0.2) is 48.5 Å². The lowest BCUT2D eigenvalue weighted by atomic mass is 10.1. The maximum atomic E-state index is 14.2. The Balaban J connectivity index is 1.60. The lowest BCUT2D eigenvalue weighted by Crippen LogP contribution is -2.44. The number of rotatable bonds is 6. The highest BCUT2D eigenvalue weighted by Crippen LogP contribution is 2.30. The van der Waals surface area contributed by atoms with Crippen LogP contribution in [0, 0.1) is 11.6 Å². The van der Waals surface area contributed by atoms with Gasteiger partial charge in [0.1, 0.15) is 22.8 Å². The summed E-state index contributed by atoms with van der Waals surface area (Å²) in [6, 6.07) is 13.8. The Labute approximate surface area is 191 Å². The fourth-order valence-electron chi connectivity index (χ4n) is 4.48. The van der Waals surface area contributed by atoms with Crippen molar-refractivity contribution in [3.8, 4) is 22.8 Å². The summed E-state index contributed by atoms with van der Waals surface area (Å²) in [5.74, 6) is -0.379. The van der Waals surface area contributed by atoms with Crippen LogP contribution in [0.5, 0.6) is 0 Å². The minimum absolute atomic E-state index is 0.0658. The molecule has 1 aliphatic heterocycles. The first-order valence-corrected chi connectivity index (χ1v) is 11.4. The Kier molecular flexibility index (Phi) is 6.00. The van der Waals surface area contributed by atoms with Gasteiger partial charge in [0, 0.05) is 29.6 Å². The standard InChI is InChI=1S/C25H26F2N6/c1-2-11-33-12-7-6-10-22(33)29-21-15-20(16-8-4-3-5-9-16)28-25(30-21)24-18-13-17(26)14-19(27)23(18)31-32-24/h3-5,8-9,13-15,22H,2,6-7,10-12H2,1H3,(H,31,32)(H,28,29,30). The van der Waals surface area contributed by atoms with E-state index in [0.29, 0.717) is 22.7 Å². The molecule has 6 nitrogen and oxygen atoms in total. The molecule has 0 amide bonds. The molecular weight excluding hydrogens is 422 g/mol. The van der Waals surface area contributed by atoms with Crippen LogP contribution in [0.1, 0.15) is 32.6 Å². The number of piperidine rings is 1. The van der Waals surface area contributed by atoms with Gasteiger partial charge in [0.15, 0.2) is 11.6 Å². The lowest BCUT2D eigenvalue weighted by molar-refractivity contribution is 0.167. The van der Waals surface area contributed by atoms with Crippen LogP contribution in [0.4, 0.5) is 14.6 Å². The molecule has 33 heavy (non-hydrogen) atoms. The zero-order valence-corrected chi connectivity index (χ0v) is 18.5. The molecule has 0 radical (unpaired) electrons. The van der Waals surface area contributed by atoms with Gasteiger partial charge < -0.3 is 5.32 Å². The number of nitrogens with zero attached hydrogens (tertiary/aromatic N) is 4. The molecule has 4 aromatic rings. The van der Waals surface area contributed by atoms with Gasteiger partial charge >= 0.3 is 0 Å². The van der Waals surface area contributed by atoms with E-state index in [1.54, 1.807) is 0 Å². The maximum absolute atomic E-state index is 14.2. The van der Waals surface area contributed by atoms with Crippen molar-refractivity contribution in [2.24, 2.45) is 0 Å². The summed E-state index contributed by atoms with van der Waals surface area (Å²) in [7, 11) is 0. The molecule has 3 heterocycles. The molecular formula is C25H26F2N6. The third kappa shape index (κ3) is 4.43. The van der Waals surface area contributed by atoms with Gasteiger partial charge in [-0.25, -0.2) is 18.7 Å². The molecule has 2 aromatic carbocycles. The van der Waals surface area contributed by atoms with Crippen LogP contribution in [0.2, 0.25) is 0 Å². The quantitative estimate of drug-likeness (QED) is 0.402. The molecule has 2 N–H and O–H groups in total. The van der Waals surface area contributed by atoms with E-state index >= 15 is 0 Å². The second-order valence-electron chi connectivity index (χ2n) is 8.40. The highest BCUT2D eigenvalue weighted by molar-refractivity contribution is 5.92. The molecule has 0 saturated carbocycles. The molecule has 2 aromatic heterocycles. The SMILES string of the molecule is CCCN1CCCCC1Nc1cc(-c2ccccc2)nc(-c2[nH]nc3c(F)cc(F)cc23)n1. The van der Waals surface area contributed by atoms with Crippen LogP contribution in [0.25, 0.3) is 33.7 Å². The fraction of sp³-hybridized carbons (Fsp3) is 0.320. The van der Waals surface area contributed by atoms with E-state index < -0.39 is 11.6 Å². The Hall–Kier alpha value is -3.39. The highest BCUT2D eigenvalue weighted by Gasteiger charge is 2.23. The lowest BCUT2D eigenvalue weighted by Gasteiger charge is -2.36. The number of fused-ring (bicyclic) bond motifs is 1. The van der Waals surface area contributed by atoms with Crippen molar-refractivity contribution in [1.82, 2.24) is 25.1 Å². The topological polar surface area (TPSA) is 69.7 Å². The molecule has 170 valence electrons. The summed E-state index contributed by atoms with van der Waals surface area (Å²) >= 11 is 0. The molecule has 1 unspecified atom stereocenters. The number of aromatic nitrogens is 4. The summed E-state index contributed by atoms with van der Waals surface area (Å²) in [5, 5.41) is 10.8. The number of hydrogen-bond acceptors (Lipinski definition) is 5. The van der Waals surface area contributed by atoms with Crippen molar-refractivity contribution in [2.45, 2.75) is 38.8 Å². The van der Waals surface area contributed by atoms with Crippen LogP contribution >= 0.6 is 0 Å². The Morgan fingerprint density at radius 2 is 1.94 bits per heavy atom. The van der Waals surface area contributed by atoms with Gasteiger partial charge in [-0.3, -0.25) is 10.00 Å². The van der Waals surface area contributed by atoms with E-state index in [1.165, 1.54) is 12.5 Å². The number of halogens is 2. The zero-order chi connectivity index (χ0) is 22.8. The number of likely N-dealkylation sites (tertiary alicyclic amines) is 1. The third-order valence-corrected chi connectivity index (χ3v) is 6.04. The Morgan fingerprint density at radius 1 is 1.09 bits per heavy atom. The van der Waals surface area contributed by atoms with E-state index in [-0.39, 0.29) is 11.7 Å². The highest BCUT2D eigenvalue weighted by atomic mass is 19.1.